The van der Waals surface area contributed by atoms with Crippen LogP contribution in [0, 0.1) is 17.7 Å². The van der Waals surface area contributed by atoms with Crippen LogP contribution < -0.4 is 0 Å². The fourth-order valence-electron chi connectivity index (χ4n) is 5.03. The molecule has 2 heterocycles. The number of hydrogen-bond acceptors (Lipinski definition) is 4. The Kier molecular flexibility index (Phi) is 5.07. The Bertz CT molecular complexity index is 718. The van der Waals surface area contributed by atoms with Crippen LogP contribution in [0.5, 0.6) is 0 Å². The smallest absolute Gasteiger partial charge is 0.243 e. The number of nitrogens with zero attached hydrogens (tertiary/aromatic N) is 3. The molecule has 0 radical (unpaired) electrons. The lowest BCUT2D eigenvalue weighted by atomic mass is 9.73. The van der Waals surface area contributed by atoms with Crippen LogP contribution >= 0.6 is 0 Å². The van der Waals surface area contributed by atoms with E-state index in [9.17, 15) is 12.8 Å². The van der Waals surface area contributed by atoms with Gasteiger partial charge in [0.2, 0.25) is 10.0 Å². The molecule has 0 N–H and O–H groups in total. The molecular formula is C19H28FN3O2S. The van der Waals surface area contributed by atoms with Gasteiger partial charge in [0, 0.05) is 45.3 Å². The molecule has 2 bridgehead atoms. The van der Waals surface area contributed by atoms with Gasteiger partial charge in [-0.25, -0.2) is 12.8 Å². The van der Waals surface area contributed by atoms with Gasteiger partial charge in [0.25, 0.3) is 0 Å². The van der Waals surface area contributed by atoms with Gasteiger partial charge in [0.15, 0.2) is 0 Å². The second-order valence-corrected chi connectivity index (χ2v) is 9.99. The summed E-state index contributed by atoms with van der Waals surface area (Å²) in [5.41, 5.74) is 0. The Morgan fingerprint density at radius 2 is 1.54 bits per heavy atom. The van der Waals surface area contributed by atoms with Gasteiger partial charge in [-0.05, 0) is 56.0 Å². The van der Waals surface area contributed by atoms with Crippen LogP contribution in [0.1, 0.15) is 19.3 Å². The summed E-state index contributed by atoms with van der Waals surface area (Å²) in [6.45, 7) is 5.53. The summed E-state index contributed by atoms with van der Waals surface area (Å²) < 4.78 is 40.9. The van der Waals surface area contributed by atoms with Crippen LogP contribution in [0.15, 0.2) is 29.2 Å². The lowest BCUT2D eigenvalue weighted by Gasteiger charge is -2.52. The molecule has 1 aromatic carbocycles. The predicted octanol–water partition coefficient (Wildman–Crippen LogP) is 1.86. The van der Waals surface area contributed by atoms with Gasteiger partial charge in [0.05, 0.1) is 4.90 Å². The van der Waals surface area contributed by atoms with Crippen LogP contribution in [0.25, 0.3) is 0 Å². The van der Waals surface area contributed by atoms with Gasteiger partial charge in [-0.1, -0.05) is 6.42 Å². The molecule has 5 nitrogen and oxygen atoms in total. The highest BCUT2D eigenvalue weighted by molar-refractivity contribution is 7.89. The van der Waals surface area contributed by atoms with Gasteiger partial charge in [-0.15, -0.1) is 0 Å². The molecule has 1 aromatic rings. The number of benzene rings is 1. The molecule has 0 amide bonds. The summed E-state index contributed by atoms with van der Waals surface area (Å²) in [6.07, 6.45) is 3.40. The van der Waals surface area contributed by atoms with E-state index in [1.807, 2.05) is 0 Å². The van der Waals surface area contributed by atoms with E-state index in [2.05, 4.69) is 16.8 Å². The van der Waals surface area contributed by atoms with E-state index in [4.69, 9.17) is 0 Å². The van der Waals surface area contributed by atoms with Gasteiger partial charge >= 0.3 is 0 Å². The van der Waals surface area contributed by atoms with Crippen molar-refractivity contribution in [3.05, 3.63) is 30.1 Å². The minimum Gasteiger partial charge on any atom is -0.304 e. The van der Waals surface area contributed by atoms with Crippen molar-refractivity contribution in [2.24, 2.45) is 11.8 Å². The molecule has 26 heavy (non-hydrogen) atoms. The molecule has 0 spiro atoms. The Morgan fingerprint density at radius 1 is 0.962 bits per heavy atom. The van der Waals surface area contributed by atoms with Gasteiger partial charge in [-0.3, -0.25) is 4.90 Å². The van der Waals surface area contributed by atoms with Crippen molar-refractivity contribution in [2.45, 2.75) is 30.2 Å². The third kappa shape index (κ3) is 3.42. The largest absolute Gasteiger partial charge is 0.304 e. The van der Waals surface area contributed by atoms with Crippen molar-refractivity contribution >= 4 is 10.0 Å². The second kappa shape index (κ2) is 7.19. The molecule has 1 aliphatic carbocycles. The number of sulfonamides is 1. The topological polar surface area (TPSA) is 43.9 Å². The van der Waals surface area contributed by atoms with E-state index in [0.717, 1.165) is 39.0 Å². The summed E-state index contributed by atoms with van der Waals surface area (Å²) in [6, 6.07) is 5.73. The maximum absolute atomic E-state index is 13.2. The second-order valence-electron chi connectivity index (χ2n) is 8.06. The fraction of sp³-hybridized carbons (Fsp3) is 0.684. The molecule has 1 saturated carbocycles. The first-order valence-corrected chi connectivity index (χ1v) is 11.1. The quantitative estimate of drug-likeness (QED) is 0.802. The molecular weight excluding hydrogens is 353 g/mol. The molecule has 2 unspecified atom stereocenters. The van der Waals surface area contributed by atoms with Crippen molar-refractivity contribution in [1.29, 1.82) is 0 Å². The van der Waals surface area contributed by atoms with Crippen molar-refractivity contribution in [2.75, 3.05) is 46.3 Å². The number of likely N-dealkylation sites (N-methyl/N-ethyl adjacent to an activating group) is 1. The summed E-state index contributed by atoms with van der Waals surface area (Å²) >= 11 is 0. The Hall–Kier alpha value is -1.02. The highest BCUT2D eigenvalue weighted by Gasteiger charge is 2.45. The molecule has 2 saturated heterocycles. The fourth-order valence-corrected chi connectivity index (χ4v) is 6.59. The van der Waals surface area contributed by atoms with E-state index >= 15 is 0 Å². The zero-order valence-corrected chi connectivity index (χ0v) is 16.2. The zero-order valence-electron chi connectivity index (χ0n) is 15.3. The lowest BCUT2D eigenvalue weighted by Crippen LogP contribution is -2.62. The number of fused-ring (bicyclic) bond motifs is 2. The molecule has 3 fully saturated rings. The maximum Gasteiger partial charge on any atom is 0.243 e. The summed E-state index contributed by atoms with van der Waals surface area (Å²) in [4.78, 5) is 5.17. The first-order valence-electron chi connectivity index (χ1n) is 9.63. The number of hydrogen-bond donors (Lipinski definition) is 0. The minimum atomic E-state index is -3.54. The molecule has 7 heteroatoms. The minimum absolute atomic E-state index is 0.204. The molecule has 2 aliphatic heterocycles. The summed E-state index contributed by atoms with van der Waals surface area (Å²) in [5, 5.41) is 0. The average Bonchev–Trinajstić information content (AvgIpc) is 2.61. The summed E-state index contributed by atoms with van der Waals surface area (Å²) in [5.74, 6) is 0.400. The number of rotatable bonds is 3. The SMILES string of the molecule is CN1CCN(C2C3CCCC2CN(S(=O)(=O)c2ccc(F)cc2)C3)CC1. The lowest BCUT2D eigenvalue weighted by molar-refractivity contribution is -0.0141. The summed E-state index contributed by atoms with van der Waals surface area (Å²) in [7, 11) is -1.38. The molecule has 3 aliphatic rings. The van der Waals surface area contributed by atoms with E-state index in [1.54, 1.807) is 4.31 Å². The first-order chi connectivity index (χ1) is 12.4. The van der Waals surface area contributed by atoms with Crippen LogP contribution in [0.4, 0.5) is 4.39 Å². The van der Waals surface area contributed by atoms with E-state index in [0.29, 0.717) is 31.0 Å². The zero-order chi connectivity index (χ0) is 18.3. The normalized spacial score (nSPS) is 31.8. The van der Waals surface area contributed by atoms with E-state index in [-0.39, 0.29) is 4.90 Å². The Labute approximate surface area is 155 Å². The number of piperidine rings is 1. The third-order valence-corrected chi connectivity index (χ3v) is 8.25. The van der Waals surface area contributed by atoms with E-state index < -0.39 is 15.8 Å². The maximum atomic E-state index is 13.2. The van der Waals surface area contributed by atoms with Crippen LogP contribution in [-0.4, -0.2) is 74.9 Å². The third-order valence-electron chi connectivity index (χ3n) is 6.40. The highest BCUT2D eigenvalue weighted by Crippen LogP contribution is 2.40. The number of halogens is 1. The number of piperazine rings is 1. The van der Waals surface area contributed by atoms with Gasteiger partial charge in [0.1, 0.15) is 5.82 Å². The predicted molar refractivity (Wildman–Crippen MR) is 98.8 cm³/mol. The van der Waals surface area contributed by atoms with Crippen LogP contribution in [-0.2, 0) is 10.0 Å². The Morgan fingerprint density at radius 3 is 2.12 bits per heavy atom. The van der Waals surface area contributed by atoms with Crippen LogP contribution in [0.3, 0.4) is 0 Å². The molecule has 144 valence electrons. The molecule has 2 atom stereocenters. The van der Waals surface area contributed by atoms with Gasteiger partial charge < -0.3 is 4.90 Å². The van der Waals surface area contributed by atoms with Crippen molar-refractivity contribution in [1.82, 2.24) is 14.1 Å². The van der Waals surface area contributed by atoms with Crippen molar-refractivity contribution in [3.8, 4) is 0 Å². The average molecular weight is 382 g/mol. The molecule has 4 rings (SSSR count). The standard InChI is InChI=1S/C19H28FN3O2S/c1-21-9-11-22(12-10-21)19-15-3-2-4-16(19)14-23(13-15)26(24,25)18-7-5-17(20)6-8-18/h5-8,15-16,19H,2-4,9-14H2,1H3. The van der Waals surface area contributed by atoms with E-state index in [1.165, 1.54) is 30.7 Å². The van der Waals surface area contributed by atoms with Crippen molar-refractivity contribution < 1.29 is 12.8 Å². The monoisotopic (exact) mass is 381 g/mol. The van der Waals surface area contributed by atoms with Gasteiger partial charge in [-0.2, -0.15) is 4.31 Å². The molecule has 0 aromatic heterocycles. The van der Waals surface area contributed by atoms with Crippen LogP contribution in [0.2, 0.25) is 0 Å². The first kappa shape index (κ1) is 18.3. The van der Waals surface area contributed by atoms with Crippen molar-refractivity contribution in [3.63, 3.8) is 0 Å². The highest BCUT2D eigenvalue weighted by atomic mass is 32.2. The Balaban J connectivity index is 1.53.